The van der Waals surface area contributed by atoms with Crippen LogP contribution in [-0.2, 0) is 0 Å². The maximum Gasteiger partial charge on any atom is 0.335 e. The average molecular weight is 362 g/mol. The highest BCUT2D eigenvalue weighted by Gasteiger charge is 2.19. The Morgan fingerprint density at radius 2 is 1.96 bits per heavy atom. The molecule has 24 heavy (non-hydrogen) atoms. The summed E-state index contributed by atoms with van der Waals surface area (Å²) in [5, 5.41) is 12.9. The average Bonchev–Trinajstić information content (AvgIpc) is 2.92. The highest BCUT2D eigenvalue weighted by Crippen LogP contribution is 2.36. The van der Waals surface area contributed by atoms with Crippen LogP contribution >= 0.6 is 22.9 Å². The fraction of sp³-hybridized carbons (Fsp3) is 0.0588. The van der Waals surface area contributed by atoms with Crippen LogP contribution in [0.5, 0.6) is 5.75 Å². The summed E-state index contributed by atoms with van der Waals surface area (Å²) in [5.41, 5.74) is 0.324. The first kappa shape index (κ1) is 16.3. The Morgan fingerprint density at radius 3 is 2.62 bits per heavy atom. The van der Waals surface area contributed by atoms with Crippen molar-refractivity contribution in [1.82, 2.24) is 0 Å². The lowest BCUT2D eigenvalue weighted by Gasteiger charge is -2.10. The van der Waals surface area contributed by atoms with E-state index < -0.39 is 11.9 Å². The number of rotatable bonds is 4. The van der Waals surface area contributed by atoms with E-state index in [9.17, 15) is 9.59 Å². The first-order valence-corrected chi connectivity index (χ1v) is 8.10. The van der Waals surface area contributed by atoms with Crippen molar-refractivity contribution in [2.45, 2.75) is 0 Å². The molecule has 2 N–H and O–H groups in total. The van der Waals surface area contributed by atoms with E-state index in [1.54, 1.807) is 0 Å². The molecule has 0 radical (unpaired) electrons. The van der Waals surface area contributed by atoms with Crippen molar-refractivity contribution in [2.75, 3.05) is 12.4 Å². The van der Waals surface area contributed by atoms with Gasteiger partial charge in [0, 0.05) is 10.1 Å². The minimum atomic E-state index is -1.09. The van der Waals surface area contributed by atoms with Crippen molar-refractivity contribution in [3.63, 3.8) is 0 Å². The Hall–Kier alpha value is -2.57. The third-order valence-corrected chi connectivity index (χ3v) is 5.11. The lowest BCUT2D eigenvalue weighted by atomic mass is 10.2. The van der Waals surface area contributed by atoms with Crippen molar-refractivity contribution in [3.05, 3.63) is 57.9 Å². The largest absolute Gasteiger partial charge is 0.495 e. The number of methoxy groups -OCH3 is 1. The summed E-state index contributed by atoms with van der Waals surface area (Å²) >= 11 is 7.57. The van der Waals surface area contributed by atoms with Crippen molar-refractivity contribution in [1.29, 1.82) is 0 Å². The van der Waals surface area contributed by atoms with E-state index >= 15 is 0 Å². The highest BCUT2D eigenvalue weighted by atomic mass is 35.5. The van der Waals surface area contributed by atoms with Crippen LogP contribution in [0.15, 0.2) is 42.5 Å². The van der Waals surface area contributed by atoms with E-state index in [4.69, 9.17) is 21.4 Å². The zero-order valence-electron chi connectivity index (χ0n) is 12.5. The fourth-order valence-corrected chi connectivity index (χ4v) is 3.69. The van der Waals surface area contributed by atoms with Gasteiger partial charge in [0.1, 0.15) is 10.6 Å². The molecule has 0 aliphatic heterocycles. The minimum Gasteiger partial charge on any atom is -0.495 e. The number of fused-ring (bicyclic) bond motifs is 1. The maximum atomic E-state index is 12.6. The van der Waals surface area contributed by atoms with E-state index in [1.807, 2.05) is 24.3 Å². The van der Waals surface area contributed by atoms with Crippen LogP contribution in [0.3, 0.4) is 0 Å². The van der Waals surface area contributed by atoms with Crippen LogP contribution in [0.1, 0.15) is 20.0 Å². The van der Waals surface area contributed by atoms with Gasteiger partial charge in [-0.15, -0.1) is 11.3 Å². The molecule has 0 aliphatic rings. The molecule has 3 rings (SSSR count). The fourth-order valence-electron chi connectivity index (χ4n) is 2.28. The smallest absolute Gasteiger partial charge is 0.335 e. The zero-order valence-corrected chi connectivity index (χ0v) is 14.1. The number of carbonyl (C=O) groups excluding carboxylic acids is 1. The van der Waals surface area contributed by atoms with Gasteiger partial charge in [-0.3, -0.25) is 4.79 Å². The lowest BCUT2D eigenvalue weighted by molar-refractivity contribution is 0.0696. The molecule has 0 saturated heterocycles. The third-order valence-electron chi connectivity index (χ3n) is 3.44. The SMILES string of the molecule is COc1ccc(C(=O)O)cc1NC(=O)c1sc2ccccc2c1Cl. The van der Waals surface area contributed by atoms with Crippen LogP contribution in [0.4, 0.5) is 5.69 Å². The van der Waals surface area contributed by atoms with E-state index in [0.29, 0.717) is 15.6 Å². The van der Waals surface area contributed by atoms with Crippen LogP contribution < -0.4 is 10.1 Å². The third kappa shape index (κ3) is 2.93. The van der Waals surface area contributed by atoms with Crippen molar-refractivity contribution >= 4 is 50.6 Å². The summed E-state index contributed by atoms with van der Waals surface area (Å²) in [6, 6.07) is 11.7. The number of hydrogen-bond donors (Lipinski definition) is 2. The Kier molecular flexibility index (Phi) is 4.42. The predicted molar refractivity (Wildman–Crippen MR) is 94.7 cm³/mol. The van der Waals surface area contributed by atoms with Gasteiger partial charge < -0.3 is 15.2 Å². The second kappa shape index (κ2) is 6.51. The summed E-state index contributed by atoms with van der Waals surface area (Å²) in [6.07, 6.45) is 0. The monoisotopic (exact) mass is 361 g/mol. The number of nitrogens with one attached hydrogen (secondary N) is 1. The number of benzene rings is 2. The number of hydrogen-bond acceptors (Lipinski definition) is 4. The van der Waals surface area contributed by atoms with Gasteiger partial charge in [-0.1, -0.05) is 29.8 Å². The molecule has 7 heteroatoms. The molecule has 1 amide bonds. The molecule has 0 fully saturated rings. The van der Waals surface area contributed by atoms with Gasteiger partial charge in [0.15, 0.2) is 0 Å². The Balaban J connectivity index is 1.98. The number of thiophene rings is 1. The van der Waals surface area contributed by atoms with Crippen LogP contribution in [0, 0.1) is 0 Å². The van der Waals surface area contributed by atoms with Crippen molar-refractivity contribution < 1.29 is 19.4 Å². The molecule has 0 spiro atoms. The summed E-state index contributed by atoms with van der Waals surface area (Å²) in [5.74, 6) is -1.14. The number of aromatic carboxylic acids is 1. The molecule has 0 saturated carbocycles. The van der Waals surface area contributed by atoms with Gasteiger partial charge in [0.2, 0.25) is 0 Å². The number of halogens is 1. The molecule has 122 valence electrons. The first-order chi connectivity index (χ1) is 11.5. The minimum absolute atomic E-state index is 0.0496. The van der Waals surface area contributed by atoms with Gasteiger partial charge >= 0.3 is 5.97 Å². The van der Waals surface area contributed by atoms with Gasteiger partial charge in [0.25, 0.3) is 5.91 Å². The Morgan fingerprint density at radius 1 is 1.21 bits per heavy atom. The number of anilines is 1. The summed E-state index contributed by atoms with van der Waals surface area (Å²) in [6.45, 7) is 0. The molecule has 0 atom stereocenters. The topological polar surface area (TPSA) is 75.6 Å². The predicted octanol–water partition coefficient (Wildman–Crippen LogP) is 4.51. The van der Waals surface area contributed by atoms with Crippen molar-refractivity contribution in [3.8, 4) is 5.75 Å². The molecule has 5 nitrogen and oxygen atoms in total. The van der Waals surface area contributed by atoms with Crippen LogP contribution in [0.2, 0.25) is 5.02 Å². The van der Waals surface area contributed by atoms with E-state index in [0.717, 1.165) is 10.1 Å². The molecule has 1 aromatic heterocycles. The lowest BCUT2D eigenvalue weighted by Crippen LogP contribution is -2.12. The number of carboxylic acid groups (broad SMARTS) is 1. The molecular weight excluding hydrogens is 350 g/mol. The zero-order chi connectivity index (χ0) is 17.3. The molecule has 1 heterocycles. The quantitative estimate of drug-likeness (QED) is 0.716. The number of amides is 1. The second-order valence-corrected chi connectivity index (χ2v) is 6.35. The summed E-state index contributed by atoms with van der Waals surface area (Å²) < 4.78 is 6.07. The molecule has 3 aromatic rings. The maximum absolute atomic E-state index is 12.6. The number of carbonyl (C=O) groups is 2. The van der Waals surface area contributed by atoms with Gasteiger partial charge in [-0.05, 0) is 24.3 Å². The van der Waals surface area contributed by atoms with E-state index in [2.05, 4.69) is 5.32 Å². The highest BCUT2D eigenvalue weighted by molar-refractivity contribution is 7.21. The number of carboxylic acids is 1. The second-order valence-electron chi connectivity index (χ2n) is 4.92. The molecule has 0 unspecified atom stereocenters. The normalized spacial score (nSPS) is 10.6. The molecular formula is C17H12ClNO4S. The van der Waals surface area contributed by atoms with E-state index in [1.165, 1.54) is 36.6 Å². The van der Waals surface area contributed by atoms with Crippen molar-refractivity contribution in [2.24, 2.45) is 0 Å². The van der Waals surface area contributed by atoms with E-state index in [-0.39, 0.29) is 11.3 Å². The standard InChI is InChI=1S/C17H12ClNO4S/c1-23-12-7-6-9(17(21)22)8-11(12)19-16(20)15-14(18)10-4-2-3-5-13(10)24-15/h2-8H,1H3,(H,19,20)(H,21,22). The number of ether oxygens (including phenoxy) is 1. The molecule has 2 aromatic carbocycles. The molecule has 0 aliphatic carbocycles. The summed E-state index contributed by atoms with van der Waals surface area (Å²) in [4.78, 5) is 24.0. The Labute approximate surface area is 146 Å². The Bertz CT molecular complexity index is 951. The van der Waals surface area contributed by atoms with Crippen LogP contribution in [0.25, 0.3) is 10.1 Å². The summed E-state index contributed by atoms with van der Waals surface area (Å²) in [7, 11) is 1.44. The van der Waals surface area contributed by atoms with Crippen LogP contribution in [-0.4, -0.2) is 24.1 Å². The van der Waals surface area contributed by atoms with Gasteiger partial charge in [0.05, 0.1) is 23.4 Å². The molecule has 0 bridgehead atoms. The first-order valence-electron chi connectivity index (χ1n) is 6.91. The van der Waals surface area contributed by atoms with Gasteiger partial charge in [-0.2, -0.15) is 0 Å². The van der Waals surface area contributed by atoms with Gasteiger partial charge in [-0.25, -0.2) is 4.79 Å².